The average molecular weight is 466 g/mol. The second-order valence-electron chi connectivity index (χ2n) is 7.21. The molecule has 1 unspecified atom stereocenters. The summed E-state index contributed by atoms with van der Waals surface area (Å²) in [6, 6.07) is 7.92. The third-order valence-electron chi connectivity index (χ3n) is 5.28. The number of H-pyrrole nitrogens is 1. The Labute approximate surface area is 187 Å². The van der Waals surface area contributed by atoms with E-state index in [0.717, 1.165) is 23.5 Å². The number of aromatic amines is 1. The Kier molecular flexibility index (Phi) is 6.33. The van der Waals surface area contributed by atoms with Crippen LogP contribution >= 0.6 is 35.2 Å². The van der Waals surface area contributed by atoms with Crippen LogP contribution in [0.3, 0.4) is 0 Å². The summed E-state index contributed by atoms with van der Waals surface area (Å²) in [5, 5.41) is 9.53. The van der Waals surface area contributed by atoms with Gasteiger partial charge in [0.2, 0.25) is 5.91 Å². The van der Waals surface area contributed by atoms with Crippen molar-refractivity contribution < 1.29 is 9.18 Å². The Morgan fingerprint density at radius 2 is 2.10 bits per heavy atom. The molecule has 158 valence electrons. The Morgan fingerprint density at radius 1 is 1.33 bits per heavy atom. The van der Waals surface area contributed by atoms with Gasteiger partial charge < -0.3 is 4.90 Å². The fourth-order valence-corrected chi connectivity index (χ4v) is 4.86. The van der Waals surface area contributed by atoms with Gasteiger partial charge in [0.1, 0.15) is 11.9 Å². The number of benzene rings is 1. The van der Waals surface area contributed by atoms with E-state index in [9.17, 15) is 9.18 Å². The zero-order valence-electron chi connectivity index (χ0n) is 16.3. The van der Waals surface area contributed by atoms with Crippen molar-refractivity contribution in [1.29, 1.82) is 0 Å². The van der Waals surface area contributed by atoms with E-state index in [1.807, 2.05) is 29.3 Å². The molecule has 6 nitrogen and oxygen atoms in total. The number of hydrogen-bond acceptors (Lipinski definition) is 5. The standard InChI is InChI=1S/C20H21ClFN5OS2/c1-13(27-18(23-24-20(27)29)17-3-2-10-30-17)19(28)26-8-6-25(7-9-26)12-14-4-5-15(22)11-16(14)21/h2-5,10-11,13H,6-9,12H2,1H3,(H,24,29). The van der Waals surface area contributed by atoms with Crippen molar-refractivity contribution in [2.45, 2.75) is 19.5 Å². The number of carbonyl (C=O) groups excluding carboxylic acids is 1. The highest BCUT2D eigenvalue weighted by Gasteiger charge is 2.28. The van der Waals surface area contributed by atoms with Crippen LogP contribution in [0.15, 0.2) is 35.7 Å². The summed E-state index contributed by atoms with van der Waals surface area (Å²) in [4.78, 5) is 18.2. The van der Waals surface area contributed by atoms with Crippen molar-refractivity contribution in [1.82, 2.24) is 24.6 Å². The zero-order chi connectivity index (χ0) is 21.3. The molecule has 1 amide bonds. The number of aromatic nitrogens is 3. The van der Waals surface area contributed by atoms with E-state index < -0.39 is 6.04 Å². The highest BCUT2D eigenvalue weighted by Crippen LogP contribution is 2.27. The van der Waals surface area contributed by atoms with Crippen molar-refractivity contribution >= 4 is 41.1 Å². The van der Waals surface area contributed by atoms with Crippen LogP contribution in [0.4, 0.5) is 4.39 Å². The molecule has 1 aliphatic heterocycles. The lowest BCUT2D eigenvalue weighted by atomic mass is 10.1. The van der Waals surface area contributed by atoms with Crippen LogP contribution in [-0.2, 0) is 11.3 Å². The fraction of sp³-hybridized carbons (Fsp3) is 0.350. The summed E-state index contributed by atoms with van der Waals surface area (Å²) in [6.07, 6.45) is 0. The van der Waals surface area contributed by atoms with Gasteiger partial charge in [0, 0.05) is 37.7 Å². The van der Waals surface area contributed by atoms with Crippen LogP contribution in [0.1, 0.15) is 18.5 Å². The molecule has 1 N–H and O–H groups in total. The molecule has 3 heterocycles. The van der Waals surface area contributed by atoms with E-state index >= 15 is 0 Å². The zero-order valence-corrected chi connectivity index (χ0v) is 18.7. The number of nitrogens with zero attached hydrogens (tertiary/aromatic N) is 4. The average Bonchev–Trinajstić information content (AvgIpc) is 3.39. The van der Waals surface area contributed by atoms with Crippen LogP contribution in [0.25, 0.3) is 10.7 Å². The maximum absolute atomic E-state index is 13.2. The number of piperazine rings is 1. The maximum Gasteiger partial charge on any atom is 0.245 e. The summed E-state index contributed by atoms with van der Waals surface area (Å²) < 4.78 is 15.5. The molecule has 0 aliphatic carbocycles. The third-order valence-corrected chi connectivity index (χ3v) is 6.79. The van der Waals surface area contributed by atoms with Gasteiger partial charge in [0.25, 0.3) is 0 Å². The topological polar surface area (TPSA) is 57.2 Å². The first-order valence-corrected chi connectivity index (χ1v) is 11.3. The summed E-state index contributed by atoms with van der Waals surface area (Å²) in [7, 11) is 0. The number of halogens is 2. The minimum absolute atomic E-state index is 0.0183. The molecule has 0 spiro atoms. The van der Waals surface area contributed by atoms with Gasteiger partial charge in [-0.05, 0) is 48.3 Å². The number of thiophene rings is 1. The quantitative estimate of drug-likeness (QED) is 0.568. The highest BCUT2D eigenvalue weighted by atomic mass is 35.5. The predicted octanol–water partition coefficient (Wildman–Crippen LogP) is 4.37. The molecule has 2 aromatic heterocycles. The van der Waals surface area contributed by atoms with E-state index in [2.05, 4.69) is 15.1 Å². The van der Waals surface area contributed by atoms with Crippen molar-refractivity contribution in [3.05, 3.63) is 56.9 Å². The lowest BCUT2D eigenvalue weighted by Gasteiger charge is -2.36. The summed E-state index contributed by atoms with van der Waals surface area (Å²) in [5.41, 5.74) is 0.886. The van der Waals surface area contributed by atoms with Crippen molar-refractivity contribution in [3.8, 4) is 10.7 Å². The fourth-order valence-electron chi connectivity index (χ4n) is 3.64. The summed E-state index contributed by atoms with van der Waals surface area (Å²) in [6.45, 7) is 5.16. The summed E-state index contributed by atoms with van der Waals surface area (Å²) in [5.74, 6) is 0.359. The first kappa shape index (κ1) is 21.2. The molecule has 3 aromatic rings. The van der Waals surface area contributed by atoms with Gasteiger partial charge in [-0.15, -0.1) is 11.3 Å². The van der Waals surface area contributed by atoms with Crippen molar-refractivity contribution in [2.24, 2.45) is 0 Å². The van der Waals surface area contributed by atoms with E-state index in [4.69, 9.17) is 23.8 Å². The molecule has 0 saturated carbocycles. The first-order valence-electron chi connectivity index (χ1n) is 9.60. The largest absolute Gasteiger partial charge is 0.338 e. The predicted molar refractivity (Wildman–Crippen MR) is 119 cm³/mol. The molecule has 0 bridgehead atoms. The third kappa shape index (κ3) is 4.34. The lowest BCUT2D eigenvalue weighted by molar-refractivity contribution is -0.136. The monoisotopic (exact) mass is 465 g/mol. The van der Waals surface area contributed by atoms with Crippen LogP contribution in [0.2, 0.25) is 5.02 Å². The highest BCUT2D eigenvalue weighted by molar-refractivity contribution is 7.71. The molecule has 1 saturated heterocycles. The molecule has 30 heavy (non-hydrogen) atoms. The molecule has 1 fully saturated rings. The molecule has 1 atom stereocenters. The van der Waals surface area contributed by atoms with Gasteiger partial charge in [-0.3, -0.25) is 19.4 Å². The van der Waals surface area contributed by atoms with E-state index in [0.29, 0.717) is 35.3 Å². The van der Waals surface area contributed by atoms with Gasteiger partial charge in [0.05, 0.1) is 4.88 Å². The Bertz CT molecular complexity index is 1090. The second kappa shape index (κ2) is 8.97. The number of rotatable bonds is 5. The van der Waals surface area contributed by atoms with Gasteiger partial charge in [-0.1, -0.05) is 23.7 Å². The van der Waals surface area contributed by atoms with Crippen LogP contribution in [0, 0.1) is 10.6 Å². The van der Waals surface area contributed by atoms with Gasteiger partial charge >= 0.3 is 0 Å². The Morgan fingerprint density at radius 3 is 2.77 bits per heavy atom. The number of carbonyl (C=O) groups is 1. The van der Waals surface area contributed by atoms with Crippen molar-refractivity contribution in [3.63, 3.8) is 0 Å². The van der Waals surface area contributed by atoms with Crippen LogP contribution in [-0.4, -0.2) is 56.7 Å². The molecule has 1 aromatic carbocycles. The lowest BCUT2D eigenvalue weighted by Crippen LogP contribution is -2.50. The smallest absolute Gasteiger partial charge is 0.245 e. The Balaban J connectivity index is 1.41. The normalized spacial score (nSPS) is 16.0. The van der Waals surface area contributed by atoms with E-state index in [1.165, 1.54) is 12.1 Å². The SMILES string of the molecule is CC(C(=O)N1CCN(Cc2ccc(F)cc2Cl)CC1)n1c(-c2cccs2)n[nH]c1=S. The maximum atomic E-state index is 13.2. The molecule has 0 radical (unpaired) electrons. The second-order valence-corrected chi connectivity index (χ2v) is 8.95. The van der Waals surface area contributed by atoms with E-state index in [1.54, 1.807) is 22.0 Å². The number of nitrogens with one attached hydrogen (secondary N) is 1. The first-order chi connectivity index (χ1) is 14.4. The molecule has 10 heteroatoms. The molecule has 4 rings (SSSR count). The van der Waals surface area contributed by atoms with Gasteiger partial charge in [-0.2, -0.15) is 5.10 Å². The minimum atomic E-state index is -0.452. The minimum Gasteiger partial charge on any atom is -0.338 e. The van der Waals surface area contributed by atoms with Gasteiger partial charge in [0.15, 0.2) is 10.6 Å². The van der Waals surface area contributed by atoms with E-state index in [-0.39, 0.29) is 11.7 Å². The molecular formula is C20H21ClFN5OS2. The van der Waals surface area contributed by atoms with Crippen LogP contribution < -0.4 is 0 Å². The van der Waals surface area contributed by atoms with Gasteiger partial charge in [-0.25, -0.2) is 4.39 Å². The van der Waals surface area contributed by atoms with Crippen molar-refractivity contribution in [2.75, 3.05) is 26.2 Å². The molecular weight excluding hydrogens is 445 g/mol. The summed E-state index contributed by atoms with van der Waals surface area (Å²) >= 11 is 13.1. The van der Waals surface area contributed by atoms with Crippen LogP contribution in [0.5, 0.6) is 0 Å². The number of hydrogen-bond donors (Lipinski definition) is 1. The Hall–Kier alpha value is -2.07. The molecule has 1 aliphatic rings. The number of amides is 1.